The van der Waals surface area contributed by atoms with Crippen LogP contribution < -0.4 is 4.31 Å². The van der Waals surface area contributed by atoms with Crippen LogP contribution in [0.15, 0.2) is 30.3 Å². The number of aliphatic carboxylic acids is 1. The van der Waals surface area contributed by atoms with Crippen molar-refractivity contribution in [2.45, 2.75) is 33.2 Å². The van der Waals surface area contributed by atoms with E-state index < -0.39 is 5.97 Å². The Morgan fingerprint density at radius 3 is 2.57 bits per heavy atom. The van der Waals surface area contributed by atoms with Gasteiger partial charge in [0, 0.05) is 28.4 Å². The molecule has 0 aliphatic carbocycles. The van der Waals surface area contributed by atoms with Gasteiger partial charge in [0.15, 0.2) is 0 Å². The fourth-order valence-corrected chi connectivity index (χ4v) is 5.42. The lowest BCUT2D eigenvalue weighted by atomic mass is 9.89. The van der Waals surface area contributed by atoms with Crippen molar-refractivity contribution < 1.29 is 9.90 Å². The molecule has 1 unspecified atom stereocenters. The number of halogens is 1. The van der Waals surface area contributed by atoms with E-state index in [-0.39, 0.29) is 6.42 Å². The number of nitrogens with zero attached hydrogens (tertiary/aromatic N) is 2. The second-order valence-electron chi connectivity index (χ2n) is 7.42. The number of hydrogen-bond acceptors (Lipinski definition) is 3. The quantitative estimate of drug-likeness (QED) is 0.542. The number of aryl methyl sites for hydroxylation is 1. The van der Waals surface area contributed by atoms with Crippen molar-refractivity contribution in [1.29, 1.82) is 0 Å². The van der Waals surface area contributed by atoms with Crippen LogP contribution in [0.2, 0.25) is 5.02 Å². The molecular formula is C22H23ClN2O2S. The van der Waals surface area contributed by atoms with Gasteiger partial charge in [-0.2, -0.15) is 0 Å². The molecule has 4 rings (SSSR count). The molecule has 2 heterocycles. The standard InChI is InChI=1S/C22H23ClN2O2S/c1-12-9-18-20(15-5-7-16(23)8-6-15)17(10-19(26)27)14(3)21-22(18)25(12)13(2)11-24(21)28-4/h5-9,13H,10-11H2,1-4H3,(H,26,27). The summed E-state index contributed by atoms with van der Waals surface area (Å²) in [5, 5.41) is 11.4. The highest BCUT2D eigenvalue weighted by Gasteiger charge is 2.31. The summed E-state index contributed by atoms with van der Waals surface area (Å²) in [6.07, 6.45) is 2.07. The van der Waals surface area contributed by atoms with Crippen LogP contribution >= 0.6 is 23.5 Å². The zero-order valence-electron chi connectivity index (χ0n) is 16.4. The Bertz CT molecular complexity index is 1090. The van der Waals surface area contributed by atoms with E-state index in [1.165, 1.54) is 11.2 Å². The summed E-state index contributed by atoms with van der Waals surface area (Å²) in [6.45, 7) is 7.32. The average Bonchev–Trinajstić information content (AvgIpc) is 2.99. The van der Waals surface area contributed by atoms with Gasteiger partial charge in [0.1, 0.15) is 0 Å². The number of carboxylic acids is 1. The Morgan fingerprint density at radius 1 is 1.29 bits per heavy atom. The molecule has 6 heteroatoms. The van der Waals surface area contributed by atoms with Gasteiger partial charge in [-0.3, -0.25) is 4.79 Å². The largest absolute Gasteiger partial charge is 0.481 e. The first-order valence-electron chi connectivity index (χ1n) is 9.29. The molecule has 0 fully saturated rings. The summed E-state index contributed by atoms with van der Waals surface area (Å²) in [5.41, 5.74) is 7.47. The number of aromatic nitrogens is 1. The van der Waals surface area contributed by atoms with Gasteiger partial charge in [0.2, 0.25) is 0 Å². The van der Waals surface area contributed by atoms with E-state index >= 15 is 0 Å². The van der Waals surface area contributed by atoms with Crippen LogP contribution in [0.3, 0.4) is 0 Å². The molecule has 3 aromatic rings. The smallest absolute Gasteiger partial charge is 0.307 e. The molecular weight excluding hydrogens is 392 g/mol. The lowest BCUT2D eigenvalue weighted by molar-refractivity contribution is -0.136. The van der Waals surface area contributed by atoms with Crippen molar-refractivity contribution >= 4 is 46.1 Å². The lowest BCUT2D eigenvalue weighted by Crippen LogP contribution is -2.30. The van der Waals surface area contributed by atoms with Crippen molar-refractivity contribution in [3.05, 3.63) is 52.2 Å². The Morgan fingerprint density at radius 2 is 1.96 bits per heavy atom. The molecule has 1 N–H and O–H groups in total. The molecule has 1 aliphatic heterocycles. The minimum absolute atomic E-state index is 0.00522. The summed E-state index contributed by atoms with van der Waals surface area (Å²) >= 11 is 7.80. The van der Waals surface area contributed by atoms with Gasteiger partial charge in [-0.1, -0.05) is 35.7 Å². The zero-order chi connectivity index (χ0) is 20.2. The number of benzene rings is 2. The third-order valence-corrected chi connectivity index (χ3v) is 6.66. The van der Waals surface area contributed by atoms with Gasteiger partial charge in [0.25, 0.3) is 0 Å². The minimum atomic E-state index is -0.819. The molecule has 0 spiro atoms. The second-order valence-corrected chi connectivity index (χ2v) is 8.66. The molecule has 146 valence electrons. The van der Waals surface area contributed by atoms with E-state index in [9.17, 15) is 9.90 Å². The van der Waals surface area contributed by atoms with E-state index in [1.54, 1.807) is 11.9 Å². The maximum absolute atomic E-state index is 11.7. The van der Waals surface area contributed by atoms with Gasteiger partial charge >= 0.3 is 5.97 Å². The molecule has 2 aromatic carbocycles. The van der Waals surface area contributed by atoms with Crippen molar-refractivity contribution in [3.63, 3.8) is 0 Å². The van der Waals surface area contributed by atoms with Gasteiger partial charge in [0.05, 0.1) is 24.2 Å². The first-order valence-corrected chi connectivity index (χ1v) is 10.9. The summed E-state index contributed by atoms with van der Waals surface area (Å²) < 4.78 is 4.70. The summed E-state index contributed by atoms with van der Waals surface area (Å²) in [7, 11) is 0. The molecule has 1 aromatic heterocycles. The molecule has 4 nitrogen and oxygen atoms in total. The van der Waals surface area contributed by atoms with Gasteiger partial charge in [-0.25, -0.2) is 0 Å². The number of carbonyl (C=O) groups is 1. The Hall–Kier alpha value is -2.11. The topological polar surface area (TPSA) is 45.5 Å². The van der Waals surface area contributed by atoms with E-state index in [4.69, 9.17) is 11.6 Å². The minimum Gasteiger partial charge on any atom is -0.481 e. The Labute approximate surface area is 174 Å². The van der Waals surface area contributed by atoms with E-state index in [0.29, 0.717) is 11.1 Å². The molecule has 0 saturated heterocycles. The van der Waals surface area contributed by atoms with Gasteiger partial charge in [-0.15, -0.1) is 0 Å². The maximum atomic E-state index is 11.7. The van der Waals surface area contributed by atoms with Crippen LogP contribution in [0.5, 0.6) is 0 Å². The number of rotatable bonds is 4. The molecule has 0 bridgehead atoms. The zero-order valence-corrected chi connectivity index (χ0v) is 18.0. The monoisotopic (exact) mass is 414 g/mol. The van der Waals surface area contributed by atoms with Crippen molar-refractivity contribution in [1.82, 2.24) is 4.57 Å². The summed E-state index contributed by atoms with van der Waals surface area (Å²) in [5.74, 6) is -0.819. The Balaban J connectivity index is 2.16. The fourth-order valence-electron chi connectivity index (χ4n) is 4.53. The predicted octanol–water partition coefficient (Wildman–Crippen LogP) is 5.86. The molecule has 0 radical (unpaired) electrons. The normalized spacial score (nSPS) is 16.0. The highest BCUT2D eigenvalue weighted by molar-refractivity contribution is 8.00. The average molecular weight is 415 g/mol. The van der Waals surface area contributed by atoms with E-state index in [0.717, 1.165) is 39.9 Å². The summed E-state index contributed by atoms with van der Waals surface area (Å²) in [6, 6.07) is 10.2. The van der Waals surface area contributed by atoms with Crippen LogP contribution in [0, 0.1) is 13.8 Å². The third-order valence-electron chi connectivity index (χ3n) is 5.63. The van der Waals surface area contributed by atoms with Crippen LogP contribution in [0.1, 0.15) is 29.8 Å². The van der Waals surface area contributed by atoms with Crippen molar-refractivity contribution in [3.8, 4) is 11.1 Å². The number of hydrogen-bond donors (Lipinski definition) is 1. The van der Waals surface area contributed by atoms with E-state index in [1.807, 2.05) is 24.3 Å². The fraction of sp³-hybridized carbons (Fsp3) is 0.318. The third kappa shape index (κ3) is 2.88. The van der Waals surface area contributed by atoms with Crippen LogP contribution in [-0.4, -0.2) is 28.4 Å². The van der Waals surface area contributed by atoms with Crippen LogP contribution in [0.25, 0.3) is 22.0 Å². The second kappa shape index (κ2) is 7.05. The van der Waals surface area contributed by atoms with Crippen molar-refractivity contribution in [2.24, 2.45) is 0 Å². The van der Waals surface area contributed by atoms with E-state index in [2.05, 4.69) is 42.0 Å². The molecule has 0 saturated carbocycles. The van der Waals surface area contributed by atoms with Crippen LogP contribution in [0.4, 0.5) is 5.69 Å². The predicted molar refractivity (Wildman–Crippen MR) is 119 cm³/mol. The van der Waals surface area contributed by atoms with Gasteiger partial charge < -0.3 is 14.0 Å². The molecule has 1 aliphatic rings. The SMILES string of the molecule is CSN1CC(C)n2c(C)cc3c(-c4ccc(Cl)cc4)c(CC(=O)O)c(C)c1c32. The first-order chi connectivity index (χ1) is 13.3. The maximum Gasteiger partial charge on any atom is 0.307 e. The number of carboxylic acid groups (broad SMARTS) is 1. The lowest BCUT2D eigenvalue weighted by Gasteiger charge is -2.36. The molecule has 0 amide bonds. The first kappa shape index (κ1) is 19.2. The highest BCUT2D eigenvalue weighted by Crippen LogP contribution is 2.48. The van der Waals surface area contributed by atoms with Gasteiger partial charge in [-0.05, 0) is 61.2 Å². The summed E-state index contributed by atoms with van der Waals surface area (Å²) in [4.78, 5) is 11.7. The van der Waals surface area contributed by atoms with Crippen molar-refractivity contribution in [2.75, 3.05) is 17.1 Å². The number of anilines is 1. The molecule has 28 heavy (non-hydrogen) atoms. The Kier molecular flexibility index (Phi) is 4.84. The highest BCUT2D eigenvalue weighted by atomic mass is 35.5. The van der Waals surface area contributed by atoms with Crippen LogP contribution in [-0.2, 0) is 11.2 Å². The molecule has 1 atom stereocenters.